The Labute approximate surface area is 280 Å². The van der Waals surface area contributed by atoms with Crippen molar-refractivity contribution in [3.63, 3.8) is 0 Å². The summed E-state index contributed by atoms with van der Waals surface area (Å²) < 4.78 is 0. The zero-order valence-corrected chi connectivity index (χ0v) is 30.2. The van der Waals surface area contributed by atoms with Gasteiger partial charge in [-0.2, -0.15) is 0 Å². The maximum atomic E-state index is 12.4. The summed E-state index contributed by atoms with van der Waals surface area (Å²) in [6.07, 6.45) is 46.8. The summed E-state index contributed by atoms with van der Waals surface area (Å²) in [5.74, 6) is 0.385. The van der Waals surface area contributed by atoms with Crippen LogP contribution in [0, 0.1) is 0 Å². The van der Waals surface area contributed by atoms with E-state index in [0.717, 1.165) is 44.9 Å². The standard InChI is InChI=1S/C41H76N2O2/c1-3-5-7-9-11-13-15-17-19-21-23-25-27-29-31-33-40(44)42-38-35-36-39(37-38)43-41(45)34-32-30-28-26-24-22-20-18-16-14-12-10-8-6-4-2/h17-20,38-39H,3-16,21-37H2,1-2H3,(H,42,44)(H,43,45)/t38-,39+. The SMILES string of the molecule is CCCCCCCCC=CCCCCCCCC(=O)N[C@@H]1CC[C@H](NC(=O)CCCCCCCC=CCCCCCCCC)C1. The highest BCUT2D eigenvalue weighted by molar-refractivity contribution is 5.77. The number of unbranched alkanes of at least 4 members (excludes halogenated alkanes) is 22. The largest absolute Gasteiger partial charge is 0.353 e. The first-order valence-electron chi connectivity index (χ1n) is 20.0. The molecule has 0 unspecified atom stereocenters. The van der Waals surface area contributed by atoms with E-state index >= 15 is 0 Å². The van der Waals surface area contributed by atoms with Gasteiger partial charge in [-0.1, -0.05) is 141 Å². The molecular formula is C41H76N2O2. The number of carbonyl (C=O) groups excluding carboxylic acids is 2. The Bertz CT molecular complexity index is 671. The van der Waals surface area contributed by atoms with Gasteiger partial charge in [0, 0.05) is 24.9 Å². The highest BCUT2D eigenvalue weighted by atomic mass is 16.2. The van der Waals surface area contributed by atoms with Crippen LogP contribution in [-0.4, -0.2) is 23.9 Å². The second-order valence-electron chi connectivity index (χ2n) is 14.0. The summed E-state index contributed by atoms with van der Waals surface area (Å²) in [6.45, 7) is 4.55. The van der Waals surface area contributed by atoms with E-state index < -0.39 is 0 Å². The first kappa shape index (κ1) is 41.4. The molecule has 0 heterocycles. The molecule has 2 amide bonds. The Morgan fingerprint density at radius 1 is 0.444 bits per heavy atom. The van der Waals surface area contributed by atoms with Crippen LogP contribution in [0.3, 0.4) is 0 Å². The van der Waals surface area contributed by atoms with Crippen LogP contribution in [0.1, 0.15) is 213 Å². The summed E-state index contributed by atoms with van der Waals surface area (Å²) in [6, 6.07) is 0.455. The first-order valence-corrected chi connectivity index (χ1v) is 20.0. The average Bonchev–Trinajstić information content (AvgIpc) is 3.47. The number of carbonyl (C=O) groups is 2. The van der Waals surface area contributed by atoms with Crippen LogP contribution in [0.15, 0.2) is 24.3 Å². The number of hydrogen-bond acceptors (Lipinski definition) is 2. The fourth-order valence-corrected chi connectivity index (χ4v) is 6.56. The van der Waals surface area contributed by atoms with Crippen LogP contribution >= 0.6 is 0 Å². The maximum absolute atomic E-state index is 12.4. The van der Waals surface area contributed by atoms with E-state index in [9.17, 15) is 9.59 Å². The Morgan fingerprint density at radius 2 is 0.733 bits per heavy atom. The molecule has 0 radical (unpaired) electrons. The lowest BCUT2D eigenvalue weighted by molar-refractivity contribution is -0.122. The van der Waals surface area contributed by atoms with Crippen LogP contribution in [0.2, 0.25) is 0 Å². The third-order valence-electron chi connectivity index (χ3n) is 9.49. The van der Waals surface area contributed by atoms with Crippen molar-refractivity contribution in [3.05, 3.63) is 24.3 Å². The Balaban J connectivity index is 1.89. The molecule has 0 bridgehead atoms. The van der Waals surface area contributed by atoms with E-state index in [1.807, 2.05) is 0 Å². The maximum Gasteiger partial charge on any atom is 0.220 e. The molecule has 1 saturated carbocycles. The lowest BCUT2D eigenvalue weighted by atomic mass is 10.1. The number of hydrogen-bond donors (Lipinski definition) is 2. The summed E-state index contributed by atoms with van der Waals surface area (Å²) in [4.78, 5) is 24.8. The van der Waals surface area contributed by atoms with Crippen LogP contribution < -0.4 is 10.6 Å². The van der Waals surface area contributed by atoms with Crippen LogP contribution in [0.25, 0.3) is 0 Å². The quantitative estimate of drug-likeness (QED) is 0.0575. The molecule has 2 N–H and O–H groups in total. The fraction of sp³-hybridized carbons (Fsp3) is 0.854. The lowest BCUT2D eigenvalue weighted by Crippen LogP contribution is -2.37. The lowest BCUT2D eigenvalue weighted by Gasteiger charge is -2.15. The van der Waals surface area contributed by atoms with Crippen molar-refractivity contribution < 1.29 is 9.59 Å². The zero-order chi connectivity index (χ0) is 32.5. The Morgan fingerprint density at radius 3 is 1.07 bits per heavy atom. The number of allylic oxidation sites excluding steroid dienone is 4. The van der Waals surface area contributed by atoms with Crippen molar-refractivity contribution in [1.29, 1.82) is 0 Å². The van der Waals surface area contributed by atoms with Crippen molar-refractivity contribution in [1.82, 2.24) is 10.6 Å². The Kier molecular flexibility index (Phi) is 29.8. The summed E-state index contributed by atoms with van der Waals surface area (Å²) in [7, 11) is 0. The molecule has 1 aliphatic carbocycles. The second kappa shape index (κ2) is 32.4. The first-order chi connectivity index (χ1) is 22.2. The van der Waals surface area contributed by atoms with Crippen LogP contribution in [0.4, 0.5) is 0 Å². The molecule has 1 rings (SSSR count). The predicted molar refractivity (Wildman–Crippen MR) is 197 cm³/mol. The molecule has 0 aromatic carbocycles. The number of nitrogens with one attached hydrogen (secondary N) is 2. The molecular weight excluding hydrogens is 552 g/mol. The number of rotatable bonds is 32. The van der Waals surface area contributed by atoms with Crippen molar-refractivity contribution >= 4 is 11.8 Å². The molecule has 4 nitrogen and oxygen atoms in total. The van der Waals surface area contributed by atoms with E-state index in [0.29, 0.717) is 12.8 Å². The summed E-state index contributed by atoms with van der Waals surface area (Å²) in [5.41, 5.74) is 0. The molecule has 4 heteroatoms. The van der Waals surface area contributed by atoms with Crippen LogP contribution in [0.5, 0.6) is 0 Å². The molecule has 0 saturated heterocycles. The minimum Gasteiger partial charge on any atom is -0.353 e. The third kappa shape index (κ3) is 28.4. The number of amides is 2. The van der Waals surface area contributed by atoms with Gasteiger partial charge < -0.3 is 10.6 Å². The molecule has 1 fully saturated rings. The van der Waals surface area contributed by atoms with Crippen LogP contribution in [-0.2, 0) is 9.59 Å². The molecule has 0 aromatic rings. The van der Waals surface area contributed by atoms with E-state index in [4.69, 9.17) is 0 Å². The van der Waals surface area contributed by atoms with E-state index in [2.05, 4.69) is 48.8 Å². The third-order valence-corrected chi connectivity index (χ3v) is 9.49. The topological polar surface area (TPSA) is 58.2 Å². The van der Waals surface area contributed by atoms with E-state index in [1.54, 1.807) is 0 Å². The second-order valence-corrected chi connectivity index (χ2v) is 14.0. The normalized spacial score (nSPS) is 16.7. The molecule has 45 heavy (non-hydrogen) atoms. The van der Waals surface area contributed by atoms with Gasteiger partial charge >= 0.3 is 0 Å². The summed E-state index contributed by atoms with van der Waals surface area (Å²) >= 11 is 0. The van der Waals surface area contributed by atoms with Gasteiger partial charge in [0.1, 0.15) is 0 Å². The van der Waals surface area contributed by atoms with Gasteiger partial charge in [0.05, 0.1) is 0 Å². The van der Waals surface area contributed by atoms with Crippen molar-refractivity contribution in [3.8, 4) is 0 Å². The highest BCUT2D eigenvalue weighted by Crippen LogP contribution is 2.20. The van der Waals surface area contributed by atoms with Gasteiger partial charge in [-0.05, 0) is 83.5 Å². The van der Waals surface area contributed by atoms with Gasteiger partial charge in [0.15, 0.2) is 0 Å². The average molecular weight is 629 g/mol. The van der Waals surface area contributed by atoms with Crippen molar-refractivity contribution in [2.45, 2.75) is 225 Å². The van der Waals surface area contributed by atoms with Gasteiger partial charge in [-0.15, -0.1) is 0 Å². The van der Waals surface area contributed by atoms with Crippen molar-refractivity contribution in [2.75, 3.05) is 0 Å². The van der Waals surface area contributed by atoms with Gasteiger partial charge in [-0.3, -0.25) is 9.59 Å². The summed E-state index contributed by atoms with van der Waals surface area (Å²) in [5, 5.41) is 6.45. The highest BCUT2D eigenvalue weighted by Gasteiger charge is 2.26. The predicted octanol–water partition coefficient (Wildman–Crippen LogP) is 12.2. The smallest absolute Gasteiger partial charge is 0.220 e. The van der Waals surface area contributed by atoms with E-state index in [-0.39, 0.29) is 23.9 Å². The monoisotopic (exact) mass is 629 g/mol. The Hall–Kier alpha value is -1.58. The van der Waals surface area contributed by atoms with Crippen molar-refractivity contribution in [2.24, 2.45) is 0 Å². The molecule has 0 aliphatic heterocycles. The van der Waals surface area contributed by atoms with Gasteiger partial charge in [0.25, 0.3) is 0 Å². The fourth-order valence-electron chi connectivity index (χ4n) is 6.56. The zero-order valence-electron chi connectivity index (χ0n) is 30.2. The molecule has 262 valence electrons. The van der Waals surface area contributed by atoms with Gasteiger partial charge in [-0.25, -0.2) is 0 Å². The minimum atomic E-state index is 0.192. The molecule has 2 atom stereocenters. The molecule has 0 aromatic heterocycles. The van der Waals surface area contributed by atoms with E-state index in [1.165, 1.54) is 141 Å². The molecule has 0 spiro atoms. The van der Waals surface area contributed by atoms with Gasteiger partial charge in [0.2, 0.25) is 11.8 Å². The molecule has 1 aliphatic rings. The minimum absolute atomic E-state index is 0.192.